The first-order chi connectivity index (χ1) is 11.5. The van der Waals surface area contributed by atoms with Crippen LogP contribution < -0.4 is 10.6 Å². The van der Waals surface area contributed by atoms with E-state index in [2.05, 4.69) is 15.6 Å². The molecule has 0 bridgehead atoms. The Morgan fingerprint density at radius 1 is 1.12 bits per heavy atom. The molecule has 0 amide bonds. The maximum absolute atomic E-state index is 13.1. The van der Waals surface area contributed by atoms with Crippen molar-refractivity contribution in [3.8, 4) is 0 Å². The first-order valence-corrected chi connectivity index (χ1v) is 8.70. The second-order valence-corrected chi connectivity index (χ2v) is 6.78. The normalized spacial score (nSPS) is 20.9. The summed E-state index contributed by atoms with van der Waals surface area (Å²) in [6.45, 7) is 2.31. The van der Waals surface area contributed by atoms with Gasteiger partial charge in [0.25, 0.3) is 0 Å². The van der Waals surface area contributed by atoms with Gasteiger partial charge in [-0.05, 0) is 30.9 Å². The molecule has 24 heavy (non-hydrogen) atoms. The molecule has 1 fully saturated rings. The third kappa shape index (κ3) is 3.84. The molecule has 132 valence electrons. The minimum atomic E-state index is -4.30. The standard InChI is InChI=1S/C18H24F3N3/c19-18(20,21)15-7-4-6-14(12-15)17(8-2-1-3-9-17)13-24-16-22-10-5-11-23-16/h4,6-7,12H,1-3,5,8-11,13H2,(H2,22,23,24). The van der Waals surface area contributed by atoms with Crippen molar-refractivity contribution in [1.29, 1.82) is 0 Å². The molecule has 2 N–H and O–H groups in total. The van der Waals surface area contributed by atoms with E-state index < -0.39 is 11.7 Å². The summed E-state index contributed by atoms with van der Waals surface area (Å²) in [4.78, 5) is 4.41. The van der Waals surface area contributed by atoms with E-state index in [1.165, 1.54) is 12.1 Å². The van der Waals surface area contributed by atoms with E-state index in [0.29, 0.717) is 6.54 Å². The van der Waals surface area contributed by atoms with Crippen molar-refractivity contribution in [2.45, 2.75) is 50.1 Å². The Morgan fingerprint density at radius 3 is 2.58 bits per heavy atom. The van der Waals surface area contributed by atoms with Crippen LogP contribution in [0.3, 0.4) is 0 Å². The molecule has 1 aliphatic heterocycles. The fourth-order valence-corrected chi connectivity index (χ4v) is 3.73. The molecule has 0 unspecified atom stereocenters. The highest BCUT2D eigenvalue weighted by atomic mass is 19.4. The maximum Gasteiger partial charge on any atom is 0.416 e. The number of hydrogen-bond acceptors (Lipinski definition) is 3. The van der Waals surface area contributed by atoms with Gasteiger partial charge in [0.05, 0.1) is 5.56 Å². The Bertz CT molecular complexity index is 589. The van der Waals surface area contributed by atoms with Crippen LogP contribution in [0.25, 0.3) is 0 Å². The minimum absolute atomic E-state index is 0.249. The number of nitrogens with one attached hydrogen (secondary N) is 2. The smallest absolute Gasteiger partial charge is 0.356 e. The van der Waals surface area contributed by atoms with E-state index in [1.54, 1.807) is 0 Å². The van der Waals surface area contributed by atoms with Crippen molar-refractivity contribution in [3.05, 3.63) is 35.4 Å². The molecule has 1 aromatic carbocycles. The van der Waals surface area contributed by atoms with Crippen molar-refractivity contribution in [1.82, 2.24) is 10.6 Å². The van der Waals surface area contributed by atoms with E-state index >= 15 is 0 Å². The van der Waals surface area contributed by atoms with Crippen molar-refractivity contribution in [3.63, 3.8) is 0 Å². The molecule has 6 heteroatoms. The van der Waals surface area contributed by atoms with Gasteiger partial charge in [0.2, 0.25) is 0 Å². The van der Waals surface area contributed by atoms with E-state index in [-0.39, 0.29) is 5.41 Å². The van der Waals surface area contributed by atoms with Crippen molar-refractivity contribution >= 4 is 5.96 Å². The van der Waals surface area contributed by atoms with Crippen LogP contribution in [0.5, 0.6) is 0 Å². The molecule has 2 aliphatic rings. The van der Waals surface area contributed by atoms with E-state index in [4.69, 9.17) is 0 Å². The van der Waals surface area contributed by atoms with Crippen LogP contribution in [0.2, 0.25) is 0 Å². The predicted molar refractivity (Wildman–Crippen MR) is 89.1 cm³/mol. The van der Waals surface area contributed by atoms with Gasteiger partial charge in [0, 0.05) is 25.0 Å². The molecule has 1 heterocycles. The molecule has 0 radical (unpaired) electrons. The summed E-state index contributed by atoms with van der Waals surface area (Å²) in [7, 11) is 0. The van der Waals surface area contributed by atoms with Crippen LogP contribution in [0, 0.1) is 0 Å². The van der Waals surface area contributed by atoms with E-state index in [9.17, 15) is 13.2 Å². The number of alkyl halides is 3. The summed E-state index contributed by atoms with van der Waals surface area (Å²) in [5, 5.41) is 6.57. The van der Waals surface area contributed by atoms with Crippen molar-refractivity contribution < 1.29 is 13.2 Å². The molecule has 1 aliphatic carbocycles. The molecule has 0 saturated heterocycles. The Kier molecular flexibility index (Phi) is 5.01. The average Bonchev–Trinajstić information content (AvgIpc) is 2.61. The molecule has 1 aromatic rings. The van der Waals surface area contributed by atoms with Gasteiger partial charge in [-0.1, -0.05) is 37.5 Å². The first-order valence-electron chi connectivity index (χ1n) is 8.70. The molecule has 0 spiro atoms. The third-order valence-electron chi connectivity index (χ3n) is 5.10. The van der Waals surface area contributed by atoms with Gasteiger partial charge in [-0.3, -0.25) is 4.99 Å². The van der Waals surface area contributed by atoms with Crippen LogP contribution in [0.4, 0.5) is 13.2 Å². The lowest BCUT2D eigenvalue weighted by Crippen LogP contribution is -2.48. The zero-order chi connectivity index (χ0) is 17.0. The van der Waals surface area contributed by atoms with Gasteiger partial charge in [-0.15, -0.1) is 0 Å². The Balaban J connectivity index is 1.84. The monoisotopic (exact) mass is 339 g/mol. The second-order valence-electron chi connectivity index (χ2n) is 6.78. The van der Waals surface area contributed by atoms with Crippen LogP contribution in [0.15, 0.2) is 29.3 Å². The van der Waals surface area contributed by atoms with Gasteiger partial charge in [-0.25, -0.2) is 0 Å². The van der Waals surface area contributed by atoms with Crippen LogP contribution >= 0.6 is 0 Å². The van der Waals surface area contributed by atoms with E-state index in [1.807, 2.05) is 6.07 Å². The highest BCUT2D eigenvalue weighted by Gasteiger charge is 2.37. The van der Waals surface area contributed by atoms with Gasteiger partial charge in [0.15, 0.2) is 5.96 Å². The lowest BCUT2D eigenvalue weighted by molar-refractivity contribution is -0.137. The van der Waals surface area contributed by atoms with Crippen molar-refractivity contribution in [2.24, 2.45) is 4.99 Å². The fourth-order valence-electron chi connectivity index (χ4n) is 3.73. The van der Waals surface area contributed by atoms with E-state index in [0.717, 1.165) is 69.2 Å². The van der Waals surface area contributed by atoms with Gasteiger partial charge >= 0.3 is 6.18 Å². The third-order valence-corrected chi connectivity index (χ3v) is 5.10. The highest BCUT2D eigenvalue weighted by molar-refractivity contribution is 5.80. The topological polar surface area (TPSA) is 36.4 Å². The number of benzene rings is 1. The quantitative estimate of drug-likeness (QED) is 0.878. The number of nitrogens with zero attached hydrogens (tertiary/aromatic N) is 1. The number of hydrogen-bond donors (Lipinski definition) is 2. The van der Waals surface area contributed by atoms with Gasteiger partial charge < -0.3 is 10.6 Å². The Hall–Kier alpha value is -1.72. The molecule has 0 atom stereocenters. The lowest BCUT2D eigenvalue weighted by atomic mass is 9.69. The summed E-state index contributed by atoms with van der Waals surface area (Å²) in [6.07, 6.45) is 1.80. The van der Waals surface area contributed by atoms with Gasteiger partial charge in [-0.2, -0.15) is 13.2 Å². The van der Waals surface area contributed by atoms with Crippen LogP contribution in [-0.4, -0.2) is 25.6 Å². The SMILES string of the molecule is FC(F)(F)c1cccc(C2(CNC3=NCCCN3)CCCCC2)c1. The molecule has 3 rings (SSSR count). The number of halogens is 3. The summed E-state index contributed by atoms with van der Waals surface area (Å²) >= 11 is 0. The largest absolute Gasteiger partial charge is 0.416 e. The zero-order valence-electron chi connectivity index (χ0n) is 13.8. The average molecular weight is 339 g/mol. The summed E-state index contributed by atoms with van der Waals surface area (Å²) in [5.41, 5.74) is -0.0137. The minimum Gasteiger partial charge on any atom is -0.356 e. The fraction of sp³-hybridized carbons (Fsp3) is 0.611. The number of aliphatic imine (C=N–C) groups is 1. The zero-order valence-corrected chi connectivity index (χ0v) is 13.8. The lowest BCUT2D eigenvalue weighted by Gasteiger charge is -2.39. The molecular formula is C18H24F3N3. The molecular weight excluding hydrogens is 315 g/mol. The maximum atomic E-state index is 13.1. The summed E-state index contributed by atoms with van der Waals surface area (Å²) < 4.78 is 39.3. The number of rotatable bonds is 3. The highest BCUT2D eigenvalue weighted by Crippen LogP contribution is 2.41. The van der Waals surface area contributed by atoms with Crippen molar-refractivity contribution in [2.75, 3.05) is 19.6 Å². The molecule has 0 aromatic heterocycles. The molecule has 1 saturated carbocycles. The Morgan fingerprint density at radius 2 is 1.92 bits per heavy atom. The van der Waals surface area contributed by atoms with Crippen LogP contribution in [0.1, 0.15) is 49.7 Å². The predicted octanol–water partition coefficient (Wildman–Crippen LogP) is 3.85. The number of guanidine groups is 1. The van der Waals surface area contributed by atoms with Crippen LogP contribution in [-0.2, 0) is 11.6 Å². The summed E-state index contributed by atoms with van der Waals surface area (Å²) in [6, 6.07) is 5.87. The first kappa shape index (κ1) is 17.1. The Labute approximate surface area is 140 Å². The van der Waals surface area contributed by atoms with Gasteiger partial charge in [0.1, 0.15) is 0 Å². The summed E-state index contributed by atoms with van der Waals surface area (Å²) in [5.74, 6) is 0.776. The molecule has 3 nitrogen and oxygen atoms in total. The second kappa shape index (κ2) is 7.03.